The Morgan fingerprint density at radius 2 is 1.92 bits per heavy atom. The zero-order valence-corrected chi connectivity index (χ0v) is 13.6. The van der Waals surface area contributed by atoms with Crippen LogP contribution in [0.2, 0.25) is 5.02 Å². The molecule has 0 atom stereocenters. The van der Waals surface area contributed by atoms with Crippen LogP contribution in [0.3, 0.4) is 0 Å². The van der Waals surface area contributed by atoms with Gasteiger partial charge in [0.15, 0.2) is 0 Å². The van der Waals surface area contributed by atoms with Gasteiger partial charge in [-0.05, 0) is 42.8 Å². The number of pyridine rings is 1. The lowest BCUT2D eigenvalue weighted by Crippen LogP contribution is -1.82. The molecule has 0 saturated carbocycles. The number of nitrogens with zero attached hydrogens (tertiary/aromatic N) is 2. The molecule has 2 N–H and O–H groups in total. The number of hydrogen-bond donors (Lipinski definition) is 2. The SMILES string of the molecule is Cc1nccc2c1[nH]c1c(-c3ccc4[nH]ncc4c3)cc(Cl)cc12. The van der Waals surface area contributed by atoms with Gasteiger partial charge < -0.3 is 4.98 Å². The molecule has 3 heterocycles. The quantitative estimate of drug-likeness (QED) is 0.442. The summed E-state index contributed by atoms with van der Waals surface area (Å²) in [7, 11) is 0. The summed E-state index contributed by atoms with van der Waals surface area (Å²) in [5.74, 6) is 0. The maximum Gasteiger partial charge on any atom is 0.0681 e. The summed E-state index contributed by atoms with van der Waals surface area (Å²) in [6.07, 6.45) is 3.67. The normalized spacial score (nSPS) is 11.8. The van der Waals surface area contributed by atoms with E-state index in [0.29, 0.717) is 0 Å². The lowest BCUT2D eigenvalue weighted by atomic mass is 10.0. The first-order valence-corrected chi connectivity index (χ1v) is 8.08. The molecule has 0 aliphatic heterocycles. The van der Waals surface area contributed by atoms with Crippen molar-refractivity contribution in [1.29, 1.82) is 0 Å². The molecular weight excluding hydrogens is 320 g/mol. The molecule has 0 aliphatic rings. The summed E-state index contributed by atoms with van der Waals surface area (Å²) in [5, 5.41) is 11.1. The van der Waals surface area contributed by atoms with E-state index < -0.39 is 0 Å². The lowest BCUT2D eigenvalue weighted by Gasteiger charge is -2.05. The van der Waals surface area contributed by atoms with E-state index in [1.54, 1.807) is 0 Å². The van der Waals surface area contributed by atoms with Crippen LogP contribution in [0, 0.1) is 6.92 Å². The Kier molecular flexibility index (Phi) is 2.73. The first-order valence-electron chi connectivity index (χ1n) is 7.71. The monoisotopic (exact) mass is 332 g/mol. The Hall–Kier alpha value is -2.85. The van der Waals surface area contributed by atoms with Gasteiger partial charge in [-0.25, -0.2) is 0 Å². The highest BCUT2D eigenvalue weighted by Crippen LogP contribution is 2.37. The van der Waals surface area contributed by atoms with Crippen LogP contribution in [0.5, 0.6) is 0 Å². The minimum Gasteiger partial charge on any atom is -0.353 e. The maximum atomic E-state index is 6.42. The van der Waals surface area contributed by atoms with Crippen molar-refractivity contribution in [3.63, 3.8) is 0 Å². The van der Waals surface area contributed by atoms with Crippen molar-refractivity contribution in [2.24, 2.45) is 0 Å². The summed E-state index contributed by atoms with van der Waals surface area (Å²) < 4.78 is 0. The summed E-state index contributed by atoms with van der Waals surface area (Å²) in [4.78, 5) is 7.92. The molecule has 0 aliphatic carbocycles. The molecule has 0 unspecified atom stereocenters. The van der Waals surface area contributed by atoms with E-state index >= 15 is 0 Å². The van der Waals surface area contributed by atoms with Gasteiger partial charge >= 0.3 is 0 Å². The molecule has 0 fully saturated rings. The highest BCUT2D eigenvalue weighted by molar-refractivity contribution is 6.32. The fourth-order valence-corrected chi connectivity index (χ4v) is 3.58. The van der Waals surface area contributed by atoms with E-state index in [1.165, 1.54) is 0 Å². The number of nitrogens with one attached hydrogen (secondary N) is 2. The number of aromatic nitrogens is 4. The first kappa shape index (κ1) is 13.6. The van der Waals surface area contributed by atoms with Crippen molar-refractivity contribution < 1.29 is 0 Å². The van der Waals surface area contributed by atoms with Gasteiger partial charge in [0, 0.05) is 32.9 Å². The molecule has 0 radical (unpaired) electrons. The Balaban J connectivity index is 1.90. The van der Waals surface area contributed by atoms with Crippen LogP contribution < -0.4 is 0 Å². The zero-order valence-electron chi connectivity index (χ0n) is 12.9. The van der Waals surface area contributed by atoms with E-state index in [9.17, 15) is 0 Å². The third-order valence-electron chi connectivity index (χ3n) is 4.54. The highest BCUT2D eigenvalue weighted by atomic mass is 35.5. The molecule has 4 nitrogen and oxygen atoms in total. The Morgan fingerprint density at radius 3 is 2.83 bits per heavy atom. The molecule has 0 bridgehead atoms. The third kappa shape index (κ3) is 1.87. The molecule has 0 saturated heterocycles. The fourth-order valence-electron chi connectivity index (χ4n) is 3.37. The van der Waals surface area contributed by atoms with E-state index in [2.05, 4.69) is 32.3 Å². The second-order valence-electron chi connectivity index (χ2n) is 5.99. The molecule has 0 amide bonds. The predicted molar refractivity (Wildman–Crippen MR) is 98.4 cm³/mol. The number of hydrogen-bond acceptors (Lipinski definition) is 2. The molecular formula is C19H13ClN4. The standard InChI is InChI=1S/C19H13ClN4/c1-10-18-14(4-5-21-10)16-8-13(20)7-15(19(16)23-18)11-2-3-17-12(6-11)9-22-24-17/h2-9,23H,1H3,(H,22,24). The second-order valence-corrected chi connectivity index (χ2v) is 6.43. The summed E-state index contributed by atoms with van der Waals surface area (Å²) >= 11 is 6.42. The summed E-state index contributed by atoms with van der Waals surface area (Å²) in [5.41, 5.74) is 6.32. The first-order chi connectivity index (χ1) is 11.7. The minimum absolute atomic E-state index is 0.722. The number of H-pyrrole nitrogens is 2. The van der Waals surface area contributed by atoms with Crippen LogP contribution in [0.1, 0.15) is 5.69 Å². The fraction of sp³-hybridized carbons (Fsp3) is 0.0526. The number of benzene rings is 2. The number of rotatable bonds is 1. The Morgan fingerprint density at radius 1 is 1.00 bits per heavy atom. The largest absolute Gasteiger partial charge is 0.353 e. The van der Waals surface area contributed by atoms with Crippen LogP contribution in [-0.4, -0.2) is 20.2 Å². The van der Waals surface area contributed by atoms with E-state index in [0.717, 1.165) is 54.6 Å². The van der Waals surface area contributed by atoms with E-state index in [1.807, 2.05) is 43.6 Å². The van der Waals surface area contributed by atoms with Crippen molar-refractivity contribution in [2.45, 2.75) is 6.92 Å². The number of fused-ring (bicyclic) bond motifs is 4. The van der Waals surface area contributed by atoms with E-state index in [4.69, 9.17) is 11.6 Å². The van der Waals surface area contributed by atoms with Crippen molar-refractivity contribution in [2.75, 3.05) is 0 Å². The molecule has 5 aromatic rings. The van der Waals surface area contributed by atoms with Crippen molar-refractivity contribution in [1.82, 2.24) is 20.2 Å². The van der Waals surface area contributed by atoms with Crippen LogP contribution in [-0.2, 0) is 0 Å². The highest BCUT2D eigenvalue weighted by Gasteiger charge is 2.13. The molecule has 24 heavy (non-hydrogen) atoms. The van der Waals surface area contributed by atoms with Crippen LogP contribution in [0.4, 0.5) is 0 Å². The smallest absolute Gasteiger partial charge is 0.0681 e. The van der Waals surface area contributed by atoms with Crippen LogP contribution in [0.15, 0.2) is 48.8 Å². The van der Waals surface area contributed by atoms with Crippen molar-refractivity contribution >= 4 is 44.3 Å². The average molecular weight is 333 g/mol. The van der Waals surface area contributed by atoms with E-state index in [-0.39, 0.29) is 0 Å². The molecule has 0 spiro atoms. The van der Waals surface area contributed by atoms with Gasteiger partial charge in [-0.15, -0.1) is 0 Å². The van der Waals surface area contributed by atoms with Crippen molar-refractivity contribution in [3.05, 3.63) is 59.5 Å². The van der Waals surface area contributed by atoms with Gasteiger partial charge in [-0.1, -0.05) is 17.7 Å². The van der Waals surface area contributed by atoms with Crippen LogP contribution >= 0.6 is 11.6 Å². The van der Waals surface area contributed by atoms with Gasteiger partial charge in [0.1, 0.15) is 0 Å². The summed E-state index contributed by atoms with van der Waals surface area (Å²) in [6, 6.07) is 12.3. The number of halogens is 1. The van der Waals surface area contributed by atoms with Gasteiger partial charge in [0.05, 0.1) is 28.4 Å². The van der Waals surface area contributed by atoms with Crippen LogP contribution in [0.25, 0.3) is 43.8 Å². The van der Waals surface area contributed by atoms with Gasteiger partial charge in [-0.2, -0.15) is 5.10 Å². The molecule has 5 heteroatoms. The second kappa shape index (κ2) is 4.82. The number of aromatic amines is 2. The predicted octanol–water partition coefficient (Wildman–Crippen LogP) is 5.22. The molecule has 2 aromatic carbocycles. The van der Waals surface area contributed by atoms with Gasteiger partial charge in [0.25, 0.3) is 0 Å². The number of aryl methyl sites for hydroxylation is 1. The lowest BCUT2D eigenvalue weighted by molar-refractivity contribution is 1.12. The van der Waals surface area contributed by atoms with Crippen molar-refractivity contribution in [3.8, 4) is 11.1 Å². The topological polar surface area (TPSA) is 57.4 Å². The Bertz CT molecular complexity index is 1230. The molecule has 116 valence electrons. The minimum atomic E-state index is 0.722. The molecule has 5 rings (SSSR count). The maximum absolute atomic E-state index is 6.42. The third-order valence-corrected chi connectivity index (χ3v) is 4.75. The summed E-state index contributed by atoms with van der Waals surface area (Å²) in [6.45, 7) is 2.01. The Labute approximate surface area is 142 Å². The average Bonchev–Trinajstić information content (AvgIpc) is 3.19. The zero-order chi connectivity index (χ0) is 16.3. The van der Waals surface area contributed by atoms with Gasteiger partial charge in [0.2, 0.25) is 0 Å². The molecule has 3 aromatic heterocycles. The van der Waals surface area contributed by atoms with Gasteiger partial charge in [-0.3, -0.25) is 10.1 Å².